The van der Waals surface area contributed by atoms with Crippen LogP contribution >= 0.6 is 0 Å². The van der Waals surface area contributed by atoms with Gasteiger partial charge in [-0.15, -0.1) is 5.10 Å². The van der Waals surface area contributed by atoms with Crippen molar-refractivity contribution in [1.82, 2.24) is 15.2 Å². The Labute approximate surface area is 60.5 Å². The largest absolute Gasteiger partial charge is 0.227 e. The molecule has 1 radical (unpaired) electrons. The van der Waals surface area contributed by atoms with Gasteiger partial charge in [0, 0.05) is 5.41 Å². The van der Waals surface area contributed by atoms with Crippen LogP contribution in [0.25, 0.3) is 0 Å². The highest BCUT2D eigenvalue weighted by atomic mass is 15.1. The molecule has 3 nitrogen and oxygen atoms in total. The van der Waals surface area contributed by atoms with Crippen LogP contribution in [0.5, 0.6) is 0 Å². The second-order valence-electron chi connectivity index (χ2n) is 3.16. The van der Waals surface area contributed by atoms with Crippen molar-refractivity contribution in [2.45, 2.75) is 26.2 Å². The van der Waals surface area contributed by atoms with Crippen molar-refractivity contribution in [1.29, 1.82) is 0 Å². The molecule has 0 aliphatic heterocycles. The molecule has 0 atom stereocenters. The van der Waals surface area contributed by atoms with E-state index in [1.807, 2.05) is 20.8 Å². The van der Waals surface area contributed by atoms with Crippen molar-refractivity contribution in [3.05, 3.63) is 18.2 Å². The van der Waals surface area contributed by atoms with E-state index in [-0.39, 0.29) is 5.41 Å². The van der Waals surface area contributed by atoms with Gasteiger partial charge in [-0.3, -0.25) is 0 Å². The molecule has 0 aromatic carbocycles. The number of aromatic nitrogens is 3. The minimum absolute atomic E-state index is 0.0231. The zero-order valence-corrected chi connectivity index (χ0v) is 6.42. The predicted molar refractivity (Wildman–Crippen MR) is 37.4 cm³/mol. The van der Waals surface area contributed by atoms with Crippen molar-refractivity contribution in [3.63, 3.8) is 0 Å². The molecule has 0 unspecified atom stereocenters. The lowest BCUT2D eigenvalue weighted by molar-refractivity contribution is 0.532. The van der Waals surface area contributed by atoms with E-state index in [0.717, 1.165) is 5.82 Å². The molecular formula is C7H10N3. The summed E-state index contributed by atoms with van der Waals surface area (Å²) in [5.74, 6) is 0.731. The summed E-state index contributed by atoms with van der Waals surface area (Å²) in [4.78, 5) is 3.95. The minimum atomic E-state index is -0.0231. The van der Waals surface area contributed by atoms with Crippen LogP contribution in [0.3, 0.4) is 0 Å². The molecule has 0 N–H and O–H groups in total. The third kappa shape index (κ3) is 1.50. The van der Waals surface area contributed by atoms with E-state index in [4.69, 9.17) is 0 Å². The quantitative estimate of drug-likeness (QED) is 0.533. The number of rotatable bonds is 0. The lowest BCUT2D eigenvalue weighted by atomic mass is 9.96. The van der Waals surface area contributed by atoms with E-state index in [9.17, 15) is 0 Å². The van der Waals surface area contributed by atoms with Crippen molar-refractivity contribution in [3.8, 4) is 0 Å². The minimum Gasteiger partial charge on any atom is -0.227 e. The Balaban J connectivity index is 2.97. The average Bonchev–Trinajstić information content (AvgIpc) is 1.88. The van der Waals surface area contributed by atoms with E-state index in [0.29, 0.717) is 0 Å². The van der Waals surface area contributed by atoms with Crippen molar-refractivity contribution in [2.24, 2.45) is 0 Å². The van der Waals surface area contributed by atoms with Crippen LogP contribution < -0.4 is 0 Å². The molecule has 1 aromatic rings. The summed E-state index contributed by atoms with van der Waals surface area (Å²) in [7, 11) is 0. The van der Waals surface area contributed by atoms with E-state index >= 15 is 0 Å². The molecule has 0 bridgehead atoms. The summed E-state index contributed by atoms with van der Waals surface area (Å²) < 4.78 is 0. The van der Waals surface area contributed by atoms with Gasteiger partial charge >= 0.3 is 0 Å². The molecule has 0 saturated heterocycles. The van der Waals surface area contributed by atoms with Crippen LogP contribution in [0.2, 0.25) is 0 Å². The Bertz CT molecular complexity index is 200. The Kier molecular flexibility index (Phi) is 1.66. The standard InChI is InChI=1S/C7H10N3/c1-7(2,3)6-8-4-5-9-10-6/h5H,1-3H3. The van der Waals surface area contributed by atoms with Gasteiger partial charge in [-0.1, -0.05) is 20.8 Å². The Morgan fingerprint density at radius 1 is 1.40 bits per heavy atom. The van der Waals surface area contributed by atoms with Crippen LogP contribution in [0, 0.1) is 6.20 Å². The molecule has 0 amide bonds. The van der Waals surface area contributed by atoms with Gasteiger partial charge in [0.1, 0.15) is 6.20 Å². The lowest BCUT2D eigenvalue weighted by Crippen LogP contribution is -2.16. The van der Waals surface area contributed by atoms with Gasteiger partial charge < -0.3 is 0 Å². The van der Waals surface area contributed by atoms with Crippen molar-refractivity contribution in [2.75, 3.05) is 0 Å². The molecule has 0 spiro atoms. The molecule has 0 aliphatic rings. The second kappa shape index (κ2) is 2.33. The van der Waals surface area contributed by atoms with Gasteiger partial charge in [-0.25, -0.2) is 4.98 Å². The summed E-state index contributed by atoms with van der Waals surface area (Å²) in [6.45, 7) is 6.12. The first-order valence-corrected chi connectivity index (χ1v) is 3.17. The first-order valence-electron chi connectivity index (χ1n) is 3.17. The SMILES string of the molecule is CC(C)(C)c1n[c]cnn1. The zero-order chi connectivity index (χ0) is 7.61. The molecule has 53 valence electrons. The third-order valence-corrected chi connectivity index (χ3v) is 1.11. The summed E-state index contributed by atoms with van der Waals surface area (Å²) in [5, 5.41) is 7.54. The van der Waals surface area contributed by atoms with Gasteiger partial charge in [-0.05, 0) is 0 Å². The van der Waals surface area contributed by atoms with E-state index in [1.165, 1.54) is 6.20 Å². The fourth-order valence-corrected chi connectivity index (χ4v) is 0.539. The topological polar surface area (TPSA) is 38.7 Å². The highest BCUT2D eigenvalue weighted by molar-refractivity contribution is 4.97. The molecule has 10 heavy (non-hydrogen) atoms. The molecule has 3 heteroatoms. The number of hydrogen-bond acceptors (Lipinski definition) is 3. The molecule has 1 heterocycles. The zero-order valence-electron chi connectivity index (χ0n) is 6.42. The smallest absolute Gasteiger partial charge is 0.156 e. The van der Waals surface area contributed by atoms with Gasteiger partial charge in [0.25, 0.3) is 0 Å². The van der Waals surface area contributed by atoms with Crippen molar-refractivity contribution < 1.29 is 0 Å². The monoisotopic (exact) mass is 136 g/mol. The maximum absolute atomic E-state index is 3.95. The van der Waals surface area contributed by atoms with Crippen LogP contribution in [-0.2, 0) is 5.41 Å². The fraction of sp³-hybridized carbons (Fsp3) is 0.571. The molecule has 0 saturated carbocycles. The summed E-state index contributed by atoms with van der Waals surface area (Å²) >= 11 is 0. The fourth-order valence-electron chi connectivity index (χ4n) is 0.539. The highest BCUT2D eigenvalue weighted by Crippen LogP contribution is 2.15. The third-order valence-electron chi connectivity index (χ3n) is 1.11. The van der Waals surface area contributed by atoms with Gasteiger partial charge in [0.05, 0.1) is 6.20 Å². The Morgan fingerprint density at radius 3 is 2.40 bits per heavy atom. The first-order chi connectivity index (χ1) is 4.61. The molecule has 1 aromatic heterocycles. The first kappa shape index (κ1) is 7.12. The molecule has 1 rings (SSSR count). The molecule has 0 aliphatic carbocycles. The maximum Gasteiger partial charge on any atom is 0.156 e. The number of nitrogens with zero attached hydrogens (tertiary/aromatic N) is 3. The number of hydrogen-bond donors (Lipinski definition) is 0. The summed E-state index contributed by atoms with van der Waals surface area (Å²) in [6.07, 6.45) is 4.10. The predicted octanol–water partition coefficient (Wildman–Crippen LogP) is 0.969. The van der Waals surface area contributed by atoms with Gasteiger partial charge in [-0.2, -0.15) is 5.10 Å². The van der Waals surface area contributed by atoms with Crippen LogP contribution in [0.1, 0.15) is 26.6 Å². The van der Waals surface area contributed by atoms with Crippen LogP contribution in [0.4, 0.5) is 0 Å². The van der Waals surface area contributed by atoms with Crippen LogP contribution in [-0.4, -0.2) is 15.2 Å². The normalized spacial score (nSPS) is 11.5. The van der Waals surface area contributed by atoms with Crippen molar-refractivity contribution >= 4 is 0 Å². The Hall–Kier alpha value is -0.990. The Morgan fingerprint density at radius 2 is 2.10 bits per heavy atom. The van der Waals surface area contributed by atoms with E-state index < -0.39 is 0 Å². The lowest BCUT2D eigenvalue weighted by Gasteiger charge is -2.13. The molecular weight excluding hydrogens is 126 g/mol. The van der Waals surface area contributed by atoms with E-state index in [1.54, 1.807) is 0 Å². The van der Waals surface area contributed by atoms with Crippen LogP contribution in [0.15, 0.2) is 6.20 Å². The van der Waals surface area contributed by atoms with Gasteiger partial charge in [0.2, 0.25) is 0 Å². The van der Waals surface area contributed by atoms with E-state index in [2.05, 4.69) is 21.4 Å². The highest BCUT2D eigenvalue weighted by Gasteiger charge is 2.16. The average molecular weight is 136 g/mol. The molecule has 0 fully saturated rings. The second-order valence-corrected chi connectivity index (χ2v) is 3.16. The summed E-state index contributed by atoms with van der Waals surface area (Å²) in [5.41, 5.74) is -0.0231. The maximum atomic E-state index is 3.95. The van der Waals surface area contributed by atoms with Gasteiger partial charge in [0.15, 0.2) is 5.82 Å². The summed E-state index contributed by atoms with van der Waals surface area (Å²) in [6, 6.07) is 0.